The number of aromatic nitrogens is 2. The number of carbonyl (C=O) groups is 2. The van der Waals surface area contributed by atoms with Crippen molar-refractivity contribution >= 4 is 28.5 Å². The molecule has 1 saturated heterocycles. The van der Waals surface area contributed by atoms with Gasteiger partial charge in [0.2, 0.25) is 0 Å². The van der Waals surface area contributed by atoms with E-state index in [-0.39, 0.29) is 11.7 Å². The summed E-state index contributed by atoms with van der Waals surface area (Å²) in [6, 6.07) is 7.32. The Kier molecular flexibility index (Phi) is 8.49. The van der Waals surface area contributed by atoms with Crippen molar-refractivity contribution in [3.05, 3.63) is 52.9 Å². The van der Waals surface area contributed by atoms with Gasteiger partial charge in [-0.25, -0.2) is 4.98 Å². The molecule has 0 aromatic carbocycles. The first-order chi connectivity index (χ1) is 15.2. The van der Waals surface area contributed by atoms with Crippen molar-refractivity contribution in [2.75, 3.05) is 25.6 Å². The van der Waals surface area contributed by atoms with Crippen LogP contribution in [0.2, 0.25) is 0 Å². The molecule has 4 heterocycles. The number of carbonyl (C=O) groups excluding carboxylic acids is 2. The molecule has 0 bridgehead atoms. The Morgan fingerprint density at radius 2 is 2.10 bits per heavy atom. The van der Waals surface area contributed by atoms with Gasteiger partial charge in [0.15, 0.2) is 23.0 Å². The summed E-state index contributed by atoms with van der Waals surface area (Å²) >= 11 is 1.39. The number of ketones is 1. The molecule has 1 fully saturated rings. The second kappa shape index (κ2) is 11.5. The Morgan fingerprint density at radius 1 is 1.29 bits per heavy atom. The fraction of sp³-hybridized carbons (Fsp3) is 0.391. The number of nitrogens with one attached hydrogen (secondary N) is 1. The van der Waals surface area contributed by atoms with Crippen LogP contribution in [0.15, 0.2) is 41.1 Å². The monoisotopic (exact) mass is 441 g/mol. The zero-order valence-electron chi connectivity index (χ0n) is 17.8. The van der Waals surface area contributed by atoms with Crippen LogP contribution in [0.25, 0.3) is 11.5 Å². The van der Waals surface area contributed by atoms with Crippen LogP contribution in [0.5, 0.6) is 0 Å². The Balaban J connectivity index is 0.000000210. The van der Waals surface area contributed by atoms with E-state index in [0.717, 1.165) is 42.8 Å². The molecule has 0 saturated carbocycles. The summed E-state index contributed by atoms with van der Waals surface area (Å²) in [6.45, 7) is 3.42. The van der Waals surface area contributed by atoms with Gasteiger partial charge in [-0.15, -0.1) is 0 Å². The minimum Gasteiger partial charge on any atom is -0.463 e. The van der Waals surface area contributed by atoms with E-state index < -0.39 is 0 Å². The number of hydrogen-bond donors (Lipinski definition) is 1. The normalized spacial score (nSPS) is 13.9. The van der Waals surface area contributed by atoms with Crippen LogP contribution < -0.4 is 5.32 Å². The maximum atomic E-state index is 12.7. The van der Waals surface area contributed by atoms with Crippen LogP contribution >= 0.6 is 11.3 Å². The fourth-order valence-electron chi connectivity index (χ4n) is 3.23. The lowest BCUT2D eigenvalue weighted by molar-refractivity contribution is 0.0547. The van der Waals surface area contributed by atoms with E-state index in [1.807, 2.05) is 12.1 Å². The Labute approximate surface area is 185 Å². The molecule has 7 nitrogen and oxygen atoms in total. The molecule has 0 spiro atoms. The van der Waals surface area contributed by atoms with Crippen molar-refractivity contribution in [1.29, 1.82) is 0 Å². The molecule has 0 amide bonds. The van der Waals surface area contributed by atoms with Crippen LogP contribution in [-0.4, -0.2) is 42.3 Å². The minimum absolute atomic E-state index is 0.0302. The van der Waals surface area contributed by atoms with Gasteiger partial charge in [0.1, 0.15) is 10.6 Å². The SMILES string of the molecule is CCCc1ccc(C=O)cn1.CNc1nc(-c2ccco2)c(C(=O)C2CCOCC2)s1. The molecule has 31 heavy (non-hydrogen) atoms. The molecule has 0 atom stereocenters. The molecule has 1 aliphatic heterocycles. The summed E-state index contributed by atoms with van der Waals surface area (Å²) in [7, 11) is 1.80. The predicted octanol–water partition coefficient (Wildman–Crippen LogP) is 4.90. The third kappa shape index (κ3) is 6.08. The maximum Gasteiger partial charge on any atom is 0.183 e. The third-order valence-electron chi connectivity index (χ3n) is 4.90. The maximum absolute atomic E-state index is 12.7. The first-order valence-electron chi connectivity index (χ1n) is 10.4. The largest absolute Gasteiger partial charge is 0.463 e. The van der Waals surface area contributed by atoms with Crippen LogP contribution in [0.1, 0.15) is 51.9 Å². The Hall–Kier alpha value is -2.84. The van der Waals surface area contributed by atoms with E-state index in [4.69, 9.17) is 9.15 Å². The Morgan fingerprint density at radius 3 is 2.68 bits per heavy atom. The number of pyridine rings is 1. The molecule has 4 rings (SSSR count). The van der Waals surface area contributed by atoms with Crippen LogP contribution in [-0.2, 0) is 11.2 Å². The van der Waals surface area contributed by atoms with Gasteiger partial charge in [-0.2, -0.15) is 0 Å². The molecule has 3 aromatic heterocycles. The van der Waals surface area contributed by atoms with E-state index in [1.54, 1.807) is 31.6 Å². The summed E-state index contributed by atoms with van der Waals surface area (Å²) in [5, 5.41) is 3.72. The van der Waals surface area contributed by atoms with Crippen molar-refractivity contribution in [2.24, 2.45) is 5.92 Å². The highest BCUT2D eigenvalue weighted by Crippen LogP contribution is 2.34. The van der Waals surface area contributed by atoms with Gasteiger partial charge in [0.05, 0.1) is 6.26 Å². The molecular formula is C23H27N3O4S. The molecule has 0 radical (unpaired) electrons. The number of furan rings is 1. The van der Waals surface area contributed by atoms with Crippen molar-refractivity contribution < 1.29 is 18.7 Å². The second-order valence-electron chi connectivity index (χ2n) is 7.13. The van der Waals surface area contributed by atoms with E-state index in [9.17, 15) is 9.59 Å². The smallest absolute Gasteiger partial charge is 0.183 e. The van der Waals surface area contributed by atoms with Gasteiger partial charge in [0.25, 0.3) is 0 Å². The molecule has 3 aromatic rings. The predicted molar refractivity (Wildman–Crippen MR) is 121 cm³/mol. The summed E-state index contributed by atoms with van der Waals surface area (Å²) in [4.78, 5) is 32.2. The lowest BCUT2D eigenvalue weighted by atomic mass is 9.94. The fourth-order valence-corrected chi connectivity index (χ4v) is 4.17. The zero-order valence-corrected chi connectivity index (χ0v) is 18.6. The number of aryl methyl sites for hydroxylation is 1. The van der Waals surface area contributed by atoms with Crippen LogP contribution in [0, 0.1) is 5.92 Å². The van der Waals surface area contributed by atoms with E-state index in [2.05, 4.69) is 22.2 Å². The average molecular weight is 442 g/mol. The first-order valence-corrected chi connectivity index (χ1v) is 11.2. The number of nitrogens with zero attached hydrogens (tertiary/aromatic N) is 2. The van der Waals surface area contributed by atoms with E-state index in [0.29, 0.717) is 35.1 Å². The van der Waals surface area contributed by atoms with Gasteiger partial charge in [-0.05, 0) is 43.5 Å². The number of aldehydes is 1. The molecule has 1 aliphatic rings. The van der Waals surface area contributed by atoms with Gasteiger partial charge in [0, 0.05) is 43.6 Å². The Bertz CT molecular complexity index is 961. The zero-order chi connectivity index (χ0) is 22.1. The van der Waals surface area contributed by atoms with Crippen LogP contribution in [0.4, 0.5) is 5.13 Å². The lowest BCUT2D eigenvalue weighted by Crippen LogP contribution is -2.23. The number of hydrogen-bond acceptors (Lipinski definition) is 8. The van der Waals surface area contributed by atoms with Gasteiger partial charge < -0.3 is 14.5 Å². The van der Waals surface area contributed by atoms with Gasteiger partial charge >= 0.3 is 0 Å². The molecule has 1 N–H and O–H groups in total. The van der Waals surface area contributed by atoms with Crippen molar-refractivity contribution in [3.8, 4) is 11.5 Å². The summed E-state index contributed by atoms with van der Waals surface area (Å²) in [5.41, 5.74) is 2.34. The molecule has 164 valence electrons. The molecule has 0 aliphatic carbocycles. The van der Waals surface area contributed by atoms with Crippen LogP contribution in [0.3, 0.4) is 0 Å². The summed E-state index contributed by atoms with van der Waals surface area (Å²) < 4.78 is 10.7. The van der Waals surface area contributed by atoms with Crippen molar-refractivity contribution in [3.63, 3.8) is 0 Å². The average Bonchev–Trinajstić information content (AvgIpc) is 3.50. The molecular weight excluding hydrogens is 414 g/mol. The molecule has 8 heteroatoms. The third-order valence-corrected chi connectivity index (χ3v) is 5.99. The summed E-state index contributed by atoms with van der Waals surface area (Å²) in [5.74, 6) is 0.819. The van der Waals surface area contributed by atoms with Gasteiger partial charge in [-0.1, -0.05) is 24.7 Å². The highest BCUT2D eigenvalue weighted by molar-refractivity contribution is 7.18. The summed E-state index contributed by atoms with van der Waals surface area (Å²) in [6.07, 6.45) is 7.65. The second-order valence-corrected chi connectivity index (χ2v) is 8.12. The minimum atomic E-state index is 0.0302. The number of anilines is 1. The van der Waals surface area contributed by atoms with Crippen molar-refractivity contribution in [2.45, 2.75) is 32.6 Å². The quantitative estimate of drug-likeness (QED) is 0.411. The number of Topliss-reactive ketones (excluding diaryl/α,β-unsaturated/α-hetero) is 1. The number of ether oxygens (including phenoxy) is 1. The highest BCUT2D eigenvalue weighted by atomic mass is 32.1. The van der Waals surface area contributed by atoms with E-state index in [1.165, 1.54) is 11.3 Å². The molecule has 0 unspecified atom stereocenters. The van der Waals surface area contributed by atoms with Gasteiger partial charge in [-0.3, -0.25) is 14.6 Å². The highest BCUT2D eigenvalue weighted by Gasteiger charge is 2.28. The lowest BCUT2D eigenvalue weighted by Gasteiger charge is -2.20. The number of rotatable bonds is 7. The standard InChI is InChI=1S/C14H16N2O3S.C9H11NO/c1-15-14-16-11(10-3-2-6-19-10)13(20-14)12(17)9-4-7-18-8-5-9;1-2-3-9-5-4-8(7-11)6-10-9/h2-3,6,9H,4-5,7-8H2,1H3,(H,15,16);4-7H,2-3H2,1H3. The number of thiazole rings is 1. The van der Waals surface area contributed by atoms with E-state index >= 15 is 0 Å². The van der Waals surface area contributed by atoms with Crippen molar-refractivity contribution in [1.82, 2.24) is 9.97 Å². The topological polar surface area (TPSA) is 94.3 Å². The first kappa shape index (κ1) is 22.8.